The van der Waals surface area contributed by atoms with Crippen LogP contribution in [0.2, 0.25) is 0 Å². The van der Waals surface area contributed by atoms with Gasteiger partial charge in [0.05, 0.1) is 0 Å². The summed E-state index contributed by atoms with van der Waals surface area (Å²) in [6.07, 6.45) is 0. The molecule has 0 aliphatic rings. The molecule has 0 bridgehead atoms. The van der Waals surface area contributed by atoms with Crippen LogP contribution in [0, 0.1) is 73.7 Å². The normalized spacial score (nSPS) is 5.50. The Morgan fingerprint density at radius 1 is 0.333 bits per heavy atom. The summed E-state index contributed by atoms with van der Waals surface area (Å²) in [5.41, 5.74) is 0. The van der Waals surface area contributed by atoms with E-state index in [1.165, 1.54) is 0 Å². The van der Waals surface area contributed by atoms with Crippen molar-refractivity contribution in [2.24, 2.45) is 0 Å². The van der Waals surface area contributed by atoms with Crippen LogP contribution < -0.4 is 0 Å². The van der Waals surface area contributed by atoms with Crippen molar-refractivity contribution in [3.63, 3.8) is 0 Å². The molecule has 0 aromatic carbocycles. The molecule has 0 amide bonds. The third kappa shape index (κ3) is 69.1. The molecule has 0 aliphatic carbocycles. The predicted molar refractivity (Wildman–Crippen MR) is 60.3 cm³/mol. The Kier molecular flexibility index (Phi) is 79.6. The SMILES string of the molecule is O.O.O.O.O=C(O)C(=O)O.O=C(O)C(=O)O.O=C(O)C(=O)O.[Lu].[Lu]. The van der Waals surface area contributed by atoms with Crippen LogP contribution in [0.5, 0.6) is 0 Å². The average molecular weight is 692 g/mol. The Balaban J connectivity index is -0.0000000179. The molecule has 0 aromatic rings. The van der Waals surface area contributed by atoms with Crippen LogP contribution in [0.15, 0.2) is 0 Å². The van der Waals surface area contributed by atoms with Crippen molar-refractivity contribution < 1.29 is 155 Å². The third-order valence-electron chi connectivity index (χ3n) is 0.549. The van der Waals surface area contributed by atoms with E-state index in [0.717, 1.165) is 0 Å². The molecule has 0 atom stereocenters. The van der Waals surface area contributed by atoms with Gasteiger partial charge in [-0.2, -0.15) is 0 Å². The van der Waals surface area contributed by atoms with Crippen molar-refractivity contribution in [2.75, 3.05) is 0 Å². The summed E-state index contributed by atoms with van der Waals surface area (Å²) in [6.45, 7) is 0. The van der Waals surface area contributed by atoms with E-state index in [0.29, 0.717) is 0 Å². The summed E-state index contributed by atoms with van der Waals surface area (Å²) >= 11 is 0. The molecule has 18 heteroatoms. The maximum atomic E-state index is 9.10. The van der Waals surface area contributed by atoms with Crippen molar-refractivity contribution in [2.45, 2.75) is 0 Å². The second-order valence-electron chi connectivity index (χ2n) is 1.83. The van der Waals surface area contributed by atoms with Crippen LogP contribution in [0.1, 0.15) is 0 Å². The van der Waals surface area contributed by atoms with Crippen molar-refractivity contribution in [1.82, 2.24) is 0 Å². The number of hydrogen-bond donors (Lipinski definition) is 6. The molecule has 14 N–H and O–H groups in total. The van der Waals surface area contributed by atoms with E-state index in [-0.39, 0.29) is 95.7 Å². The fraction of sp³-hybridized carbons (Fsp3) is 0. The first-order valence-corrected chi connectivity index (χ1v) is 3.32. The van der Waals surface area contributed by atoms with Gasteiger partial charge < -0.3 is 52.5 Å². The molecular formula is C6H14Lu2O16. The van der Waals surface area contributed by atoms with Crippen molar-refractivity contribution >= 4 is 35.8 Å². The minimum absolute atomic E-state index is 0. The molecule has 0 rings (SSSR count). The number of aliphatic carboxylic acids is 6. The van der Waals surface area contributed by atoms with E-state index in [1.807, 2.05) is 0 Å². The van der Waals surface area contributed by atoms with Crippen molar-refractivity contribution in [3.8, 4) is 0 Å². The number of rotatable bonds is 0. The Bertz CT molecular complexity index is 284. The largest absolute Gasteiger partial charge is 0.473 e. The fourth-order valence-electron chi connectivity index (χ4n) is 0. The van der Waals surface area contributed by atoms with Gasteiger partial charge in [0, 0.05) is 73.7 Å². The summed E-state index contributed by atoms with van der Waals surface area (Å²) in [7, 11) is 0. The van der Waals surface area contributed by atoms with Gasteiger partial charge in [-0.15, -0.1) is 0 Å². The summed E-state index contributed by atoms with van der Waals surface area (Å²) in [4.78, 5) is 54.6. The smallest absolute Gasteiger partial charge is 0.414 e. The number of hydrogen-bond acceptors (Lipinski definition) is 6. The second kappa shape index (κ2) is 33.7. The first-order valence-electron chi connectivity index (χ1n) is 3.32. The number of carboxylic acids is 6. The zero-order valence-corrected chi connectivity index (χ0v) is 14.0. The minimum Gasteiger partial charge on any atom is -0.473 e. The Morgan fingerprint density at radius 3 is 0.375 bits per heavy atom. The zero-order chi connectivity index (χ0) is 15.5. The Morgan fingerprint density at radius 2 is 0.375 bits per heavy atom. The molecule has 0 saturated carbocycles. The molecule has 2 radical (unpaired) electrons. The maximum absolute atomic E-state index is 9.10. The zero-order valence-electron chi connectivity index (χ0n) is 10.6. The second-order valence-corrected chi connectivity index (χ2v) is 1.83. The van der Waals surface area contributed by atoms with E-state index in [1.54, 1.807) is 0 Å². The van der Waals surface area contributed by atoms with Gasteiger partial charge in [0.25, 0.3) is 0 Å². The van der Waals surface area contributed by atoms with Crippen molar-refractivity contribution in [1.29, 1.82) is 0 Å². The first kappa shape index (κ1) is 56.7. The first-order chi connectivity index (χ1) is 7.93. The van der Waals surface area contributed by atoms with Gasteiger partial charge in [0.1, 0.15) is 0 Å². The van der Waals surface area contributed by atoms with Crippen molar-refractivity contribution in [3.05, 3.63) is 0 Å². The van der Waals surface area contributed by atoms with Gasteiger partial charge in [-0.05, 0) is 0 Å². The summed E-state index contributed by atoms with van der Waals surface area (Å²) in [6, 6.07) is 0. The summed E-state index contributed by atoms with van der Waals surface area (Å²) < 4.78 is 0. The summed E-state index contributed by atoms with van der Waals surface area (Å²) in [5, 5.41) is 44.3. The van der Waals surface area contributed by atoms with E-state index < -0.39 is 35.8 Å². The van der Waals surface area contributed by atoms with Crippen LogP contribution >= 0.6 is 0 Å². The average Bonchev–Trinajstić information content (AvgIpc) is 2.18. The standard InChI is InChI=1S/3C2H2O4.2Lu.4H2O/c3*3-1(4)2(5)6;;;;;;/h3*(H,3,4)(H,5,6);;;4*1H2. The molecule has 0 heterocycles. The maximum Gasteiger partial charge on any atom is 0.414 e. The Labute approximate surface area is 189 Å². The predicted octanol–water partition coefficient (Wildman–Crippen LogP) is -5.83. The molecular weight excluding hydrogens is 678 g/mol. The monoisotopic (exact) mass is 692 g/mol. The van der Waals surface area contributed by atoms with E-state index in [2.05, 4.69) is 0 Å². The molecule has 0 aliphatic heterocycles. The van der Waals surface area contributed by atoms with Crippen LogP contribution in [0.25, 0.3) is 0 Å². The van der Waals surface area contributed by atoms with Gasteiger partial charge in [0.2, 0.25) is 0 Å². The molecule has 16 nitrogen and oxygen atoms in total. The molecule has 0 saturated heterocycles. The topological polar surface area (TPSA) is 350 Å². The quantitative estimate of drug-likeness (QED) is 0.129. The molecule has 0 aromatic heterocycles. The third-order valence-corrected chi connectivity index (χ3v) is 0.549. The Hall–Kier alpha value is -0.872. The number of carboxylic acid groups (broad SMARTS) is 6. The van der Waals surface area contributed by atoms with Crippen LogP contribution in [-0.2, 0) is 28.8 Å². The molecule has 0 unspecified atom stereocenters. The van der Waals surface area contributed by atoms with Gasteiger partial charge in [-0.3, -0.25) is 0 Å². The van der Waals surface area contributed by atoms with Crippen LogP contribution in [-0.4, -0.2) is 88.4 Å². The van der Waals surface area contributed by atoms with Gasteiger partial charge in [0.15, 0.2) is 0 Å². The van der Waals surface area contributed by atoms with Gasteiger partial charge >= 0.3 is 35.8 Å². The molecule has 0 fully saturated rings. The van der Waals surface area contributed by atoms with Crippen LogP contribution in [0.3, 0.4) is 0 Å². The van der Waals surface area contributed by atoms with Gasteiger partial charge in [-0.1, -0.05) is 0 Å². The van der Waals surface area contributed by atoms with Gasteiger partial charge in [-0.25, -0.2) is 28.8 Å². The summed E-state index contributed by atoms with van der Waals surface area (Å²) in [5.74, 6) is -10.9. The van der Waals surface area contributed by atoms with E-state index in [9.17, 15) is 0 Å². The van der Waals surface area contributed by atoms with E-state index >= 15 is 0 Å². The number of carbonyl (C=O) groups is 6. The molecule has 24 heavy (non-hydrogen) atoms. The molecule has 0 spiro atoms. The van der Waals surface area contributed by atoms with Crippen LogP contribution in [0.4, 0.5) is 0 Å². The molecule has 164 valence electrons. The van der Waals surface area contributed by atoms with E-state index in [4.69, 9.17) is 59.4 Å². The fourth-order valence-corrected chi connectivity index (χ4v) is 0. The minimum atomic E-state index is -1.82.